The average Bonchev–Trinajstić information content (AvgIpc) is 3.08. The molecule has 0 bridgehead atoms. The fraction of sp³-hybridized carbons (Fsp3) is 0.211. The molecular formula is C19H18N2O5. The van der Waals surface area contributed by atoms with Crippen molar-refractivity contribution in [3.63, 3.8) is 0 Å². The number of methoxy groups -OCH3 is 4. The molecule has 0 fully saturated rings. The molecular weight excluding hydrogens is 336 g/mol. The third kappa shape index (κ3) is 2.99. The van der Waals surface area contributed by atoms with E-state index in [-0.39, 0.29) is 0 Å². The number of azo groups is 1. The second-order valence-electron chi connectivity index (χ2n) is 5.37. The lowest BCUT2D eigenvalue weighted by molar-refractivity contribution is -0.112. The molecule has 134 valence electrons. The van der Waals surface area contributed by atoms with E-state index in [0.717, 1.165) is 0 Å². The Hall–Kier alpha value is -3.35. The second-order valence-corrected chi connectivity index (χ2v) is 5.37. The molecule has 0 saturated heterocycles. The molecule has 2 aromatic carbocycles. The minimum Gasteiger partial charge on any atom is -0.497 e. The maximum absolute atomic E-state index is 12.3. The summed E-state index contributed by atoms with van der Waals surface area (Å²) in [7, 11) is 6.17. The van der Waals surface area contributed by atoms with E-state index in [9.17, 15) is 4.79 Å². The fourth-order valence-corrected chi connectivity index (χ4v) is 2.73. The van der Waals surface area contributed by atoms with Crippen molar-refractivity contribution in [1.29, 1.82) is 0 Å². The first-order chi connectivity index (χ1) is 12.6. The van der Waals surface area contributed by atoms with Gasteiger partial charge in [0, 0.05) is 5.56 Å². The van der Waals surface area contributed by atoms with Crippen molar-refractivity contribution >= 4 is 17.2 Å². The largest absolute Gasteiger partial charge is 0.497 e. The van der Waals surface area contributed by atoms with E-state index >= 15 is 0 Å². The molecule has 0 atom stereocenters. The summed E-state index contributed by atoms with van der Waals surface area (Å²) in [5, 5.41) is 7.78. The zero-order valence-corrected chi connectivity index (χ0v) is 14.9. The van der Waals surface area contributed by atoms with Crippen molar-refractivity contribution in [1.82, 2.24) is 0 Å². The predicted octanol–water partition coefficient (Wildman–Crippen LogP) is 3.58. The van der Waals surface area contributed by atoms with Crippen LogP contribution in [0.2, 0.25) is 0 Å². The van der Waals surface area contributed by atoms with Gasteiger partial charge in [0.1, 0.15) is 11.4 Å². The molecule has 0 unspecified atom stereocenters. The van der Waals surface area contributed by atoms with Crippen LogP contribution in [0.1, 0.15) is 11.1 Å². The quantitative estimate of drug-likeness (QED) is 0.792. The van der Waals surface area contributed by atoms with Crippen LogP contribution in [-0.4, -0.2) is 34.3 Å². The predicted molar refractivity (Wildman–Crippen MR) is 95.8 cm³/mol. The summed E-state index contributed by atoms with van der Waals surface area (Å²) in [6, 6.07) is 10.6. The zero-order valence-electron chi connectivity index (χ0n) is 14.9. The lowest BCUT2D eigenvalue weighted by Gasteiger charge is -2.14. The van der Waals surface area contributed by atoms with E-state index in [2.05, 4.69) is 10.2 Å². The minimum absolute atomic E-state index is 0.404. The molecule has 0 spiro atoms. The SMILES string of the molecule is COc1ccc(C2=C(c3cc(OC)c(OC)c(OC)c3)N=NC2=O)cc1. The van der Waals surface area contributed by atoms with E-state index in [1.54, 1.807) is 43.5 Å². The van der Waals surface area contributed by atoms with Gasteiger partial charge >= 0.3 is 0 Å². The summed E-state index contributed by atoms with van der Waals surface area (Å²) in [4.78, 5) is 12.3. The summed E-state index contributed by atoms with van der Waals surface area (Å²) >= 11 is 0. The minimum atomic E-state index is -0.404. The molecule has 0 N–H and O–H groups in total. The third-order valence-corrected chi connectivity index (χ3v) is 4.01. The van der Waals surface area contributed by atoms with Gasteiger partial charge in [-0.25, -0.2) is 0 Å². The molecule has 0 aliphatic carbocycles. The Morgan fingerprint density at radius 1 is 0.731 bits per heavy atom. The van der Waals surface area contributed by atoms with Crippen molar-refractivity contribution < 1.29 is 23.7 Å². The van der Waals surface area contributed by atoms with Crippen LogP contribution in [0.3, 0.4) is 0 Å². The summed E-state index contributed by atoms with van der Waals surface area (Å²) in [6.45, 7) is 0. The number of carbonyl (C=O) groups is 1. The summed E-state index contributed by atoms with van der Waals surface area (Å²) in [6.07, 6.45) is 0. The average molecular weight is 354 g/mol. The van der Waals surface area contributed by atoms with Crippen LogP contribution in [0.5, 0.6) is 23.0 Å². The fourth-order valence-electron chi connectivity index (χ4n) is 2.73. The first-order valence-electron chi connectivity index (χ1n) is 7.78. The number of amides is 1. The summed E-state index contributed by atoms with van der Waals surface area (Å²) in [5.41, 5.74) is 2.19. The number of nitrogens with zero attached hydrogens (tertiary/aromatic N) is 2. The standard InChI is InChI=1S/C19H18N2O5/c1-23-13-7-5-11(6-8-13)16-17(20-21-19(16)22)12-9-14(24-2)18(26-4)15(10-12)25-3/h5-10H,1-4H3. The number of carbonyl (C=O) groups excluding carboxylic acids is 1. The van der Waals surface area contributed by atoms with Crippen LogP contribution >= 0.6 is 0 Å². The van der Waals surface area contributed by atoms with Gasteiger partial charge in [-0.05, 0) is 29.8 Å². The molecule has 3 rings (SSSR count). The van der Waals surface area contributed by atoms with Gasteiger partial charge in [-0.1, -0.05) is 12.1 Å². The highest BCUT2D eigenvalue weighted by atomic mass is 16.5. The highest BCUT2D eigenvalue weighted by molar-refractivity contribution is 6.29. The van der Waals surface area contributed by atoms with E-state index < -0.39 is 5.91 Å². The van der Waals surface area contributed by atoms with Crippen LogP contribution < -0.4 is 18.9 Å². The van der Waals surface area contributed by atoms with E-state index in [1.807, 2.05) is 0 Å². The summed E-state index contributed by atoms with van der Waals surface area (Å²) < 4.78 is 21.2. The van der Waals surface area contributed by atoms with Crippen molar-refractivity contribution in [2.45, 2.75) is 0 Å². The Kier molecular flexibility index (Phi) is 4.88. The Morgan fingerprint density at radius 2 is 1.35 bits per heavy atom. The zero-order chi connectivity index (χ0) is 18.7. The van der Waals surface area contributed by atoms with Crippen LogP contribution in [0.4, 0.5) is 0 Å². The smallest absolute Gasteiger partial charge is 0.298 e. The monoisotopic (exact) mass is 354 g/mol. The molecule has 1 aliphatic rings. The number of ether oxygens (including phenoxy) is 4. The van der Waals surface area contributed by atoms with Crippen LogP contribution in [0.15, 0.2) is 46.6 Å². The van der Waals surface area contributed by atoms with Crippen molar-refractivity contribution in [3.05, 3.63) is 47.5 Å². The highest BCUT2D eigenvalue weighted by Crippen LogP contribution is 2.43. The Morgan fingerprint density at radius 3 is 1.85 bits per heavy atom. The molecule has 7 heteroatoms. The lowest BCUT2D eigenvalue weighted by atomic mass is 9.99. The normalized spacial score (nSPS) is 13.2. The number of hydrogen-bond donors (Lipinski definition) is 0. The lowest BCUT2D eigenvalue weighted by Crippen LogP contribution is -1.99. The van der Waals surface area contributed by atoms with Crippen LogP contribution in [-0.2, 0) is 4.79 Å². The molecule has 0 saturated carbocycles. The molecule has 0 radical (unpaired) electrons. The van der Waals surface area contributed by atoms with Crippen LogP contribution in [0, 0.1) is 0 Å². The summed E-state index contributed by atoms with van der Waals surface area (Å²) in [5.74, 6) is 1.70. The Balaban J connectivity index is 2.17. The molecule has 1 aliphatic heterocycles. The topological polar surface area (TPSA) is 78.7 Å². The first-order valence-corrected chi connectivity index (χ1v) is 7.78. The van der Waals surface area contributed by atoms with Gasteiger partial charge in [0.2, 0.25) is 5.75 Å². The number of benzene rings is 2. The molecule has 1 heterocycles. The van der Waals surface area contributed by atoms with Crippen molar-refractivity contribution in [2.24, 2.45) is 10.2 Å². The highest BCUT2D eigenvalue weighted by Gasteiger charge is 2.26. The Bertz CT molecular complexity index is 876. The van der Waals surface area contributed by atoms with Crippen molar-refractivity contribution in [2.75, 3.05) is 28.4 Å². The van der Waals surface area contributed by atoms with Crippen molar-refractivity contribution in [3.8, 4) is 23.0 Å². The number of hydrogen-bond acceptors (Lipinski definition) is 6. The molecule has 0 aromatic heterocycles. The van der Waals surface area contributed by atoms with E-state index in [4.69, 9.17) is 18.9 Å². The van der Waals surface area contributed by atoms with E-state index in [0.29, 0.717) is 45.4 Å². The maximum Gasteiger partial charge on any atom is 0.298 e. The van der Waals surface area contributed by atoms with Gasteiger partial charge in [-0.2, -0.15) is 0 Å². The molecule has 1 amide bonds. The molecule has 7 nitrogen and oxygen atoms in total. The van der Waals surface area contributed by atoms with Gasteiger partial charge in [0.25, 0.3) is 5.91 Å². The maximum atomic E-state index is 12.3. The van der Waals surface area contributed by atoms with Gasteiger partial charge in [0.15, 0.2) is 11.5 Å². The van der Waals surface area contributed by atoms with Gasteiger partial charge in [-0.15, -0.1) is 10.2 Å². The van der Waals surface area contributed by atoms with Gasteiger partial charge in [0.05, 0.1) is 34.0 Å². The van der Waals surface area contributed by atoms with E-state index in [1.165, 1.54) is 21.3 Å². The Labute approximate surface area is 150 Å². The molecule has 2 aromatic rings. The number of rotatable bonds is 6. The van der Waals surface area contributed by atoms with Gasteiger partial charge in [-0.3, -0.25) is 4.79 Å². The van der Waals surface area contributed by atoms with Crippen LogP contribution in [0.25, 0.3) is 11.3 Å². The third-order valence-electron chi connectivity index (χ3n) is 4.01. The molecule has 26 heavy (non-hydrogen) atoms. The van der Waals surface area contributed by atoms with Gasteiger partial charge < -0.3 is 18.9 Å². The first kappa shape index (κ1) is 17.5. The second kappa shape index (κ2) is 7.26.